The summed E-state index contributed by atoms with van der Waals surface area (Å²) >= 11 is 0. The lowest BCUT2D eigenvalue weighted by molar-refractivity contribution is -0.137. The van der Waals surface area contributed by atoms with E-state index >= 15 is 0 Å². The van der Waals surface area contributed by atoms with Crippen molar-refractivity contribution in [2.75, 3.05) is 5.32 Å². The largest absolute Gasteiger partial charge is 0.506 e. The van der Waals surface area contributed by atoms with Gasteiger partial charge in [0.25, 0.3) is 0 Å². The number of phenols is 1. The van der Waals surface area contributed by atoms with Crippen molar-refractivity contribution in [3.63, 3.8) is 0 Å². The van der Waals surface area contributed by atoms with Gasteiger partial charge in [0.1, 0.15) is 5.75 Å². The maximum absolute atomic E-state index is 12.6. The Morgan fingerprint density at radius 1 is 1.33 bits per heavy atom. The number of alkyl halides is 3. The second kappa shape index (κ2) is 5.93. The fraction of sp³-hybridized carbons (Fsp3) is 0.500. The lowest BCUT2D eigenvalue weighted by Gasteiger charge is -2.26. The molecule has 1 amide bonds. The van der Waals surface area contributed by atoms with Gasteiger partial charge in [-0.15, -0.1) is 0 Å². The number of benzene rings is 1. The van der Waals surface area contributed by atoms with E-state index in [9.17, 15) is 23.1 Å². The van der Waals surface area contributed by atoms with Crippen LogP contribution < -0.4 is 11.1 Å². The molecule has 0 bridgehead atoms. The van der Waals surface area contributed by atoms with Crippen molar-refractivity contribution in [3.05, 3.63) is 23.8 Å². The van der Waals surface area contributed by atoms with Gasteiger partial charge < -0.3 is 16.2 Å². The van der Waals surface area contributed by atoms with E-state index < -0.39 is 29.4 Å². The predicted molar refractivity (Wildman–Crippen MR) is 73.8 cm³/mol. The molecule has 4 N–H and O–H groups in total. The predicted octanol–water partition coefficient (Wildman–Crippen LogP) is 3.11. The number of nitrogens with one attached hydrogen (secondary N) is 1. The summed E-state index contributed by atoms with van der Waals surface area (Å²) in [7, 11) is 0. The highest BCUT2D eigenvalue weighted by Gasteiger charge is 2.31. The SMILES string of the molecule is CC(C)(C)C(N)CC(=O)Nc1cc(C(F)(F)F)ccc1O. The summed E-state index contributed by atoms with van der Waals surface area (Å²) in [5.74, 6) is -0.979. The van der Waals surface area contributed by atoms with E-state index in [-0.39, 0.29) is 17.5 Å². The molecule has 0 radical (unpaired) electrons. The summed E-state index contributed by atoms with van der Waals surface area (Å²) in [5, 5.41) is 11.8. The topological polar surface area (TPSA) is 75.4 Å². The molecule has 0 aromatic heterocycles. The van der Waals surface area contributed by atoms with Crippen LogP contribution in [0, 0.1) is 5.41 Å². The number of carbonyl (C=O) groups excluding carboxylic acids is 1. The number of nitrogens with two attached hydrogens (primary N) is 1. The van der Waals surface area contributed by atoms with E-state index in [1.807, 2.05) is 20.8 Å². The molecule has 4 nitrogen and oxygen atoms in total. The number of rotatable bonds is 3. The van der Waals surface area contributed by atoms with E-state index in [4.69, 9.17) is 5.73 Å². The summed E-state index contributed by atoms with van der Waals surface area (Å²) in [6.07, 6.45) is -4.60. The molecule has 0 saturated carbocycles. The number of anilines is 1. The normalized spacial score (nSPS) is 13.9. The number of hydrogen-bond donors (Lipinski definition) is 3. The fourth-order valence-electron chi connectivity index (χ4n) is 1.52. The van der Waals surface area contributed by atoms with Crippen molar-refractivity contribution in [3.8, 4) is 5.75 Å². The first-order valence-corrected chi connectivity index (χ1v) is 6.37. The quantitative estimate of drug-likeness (QED) is 0.751. The van der Waals surface area contributed by atoms with Crippen LogP contribution in [0.5, 0.6) is 5.75 Å². The first-order valence-electron chi connectivity index (χ1n) is 6.37. The average molecular weight is 304 g/mol. The summed E-state index contributed by atoms with van der Waals surface area (Å²) in [5.41, 5.74) is 4.30. The monoisotopic (exact) mass is 304 g/mol. The Hall–Kier alpha value is -1.76. The number of aromatic hydroxyl groups is 1. The second-order valence-electron chi connectivity index (χ2n) is 5.95. The molecular formula is C14H19F3N2O2. The maximum atomic E-state index is 12.6. The van der Waals surface area contributed by atoms with Crippen molar-refractivity contribution in [1.82, 2.24) is 0 Å². The van der Waals surface area contributed by atoms with E-state index in [1.165, 1.54) is 0 Å². The zero-order valence-electron chi connectivity index (χ0n) is 12.1. The van der Waals surface area contributed by atoms with Gasteiger partial charge in [-0.3, -0.25) is 4.79 Å². The minimum atomic E-state index is -4.55. The highest BCUT2D eigenvalue weighted by atomic mass is 19.4. The van der Waals surface area contributed by atoms with Crippen LogP contribution in [0.25, 0.3) is 0 Å². The van der Waals surface area contributed by atoms with Crippen LogP contribution in [0.15, 0.2) is 18.2 Å². The highest BCUT2D eigenvalue weighted by molar-refractivity contribution is 5.92. The molecule has 0 spiro atoms. The Morgan fingerprint density at radius 3 is 2.38 bits per heavy atom. The number of halogens is 3. The molecular weight excluding hydrogens is 285 g/mol. The molecule has 1 aromatic carbocycles. The van der Waals surface area contributed by atoms with Gasteiger partial charge in [0.15, 0.2) is 0 Å². The van der Waals surface area contributed by atoms with Crippen LogP contribution >= 0.6 is 0 Å². The Morgan fingerprint density at radius 2 is 1.90 bits per heavy atom. The Bertz CT molecular complexity index is 522. The summed E-state index contributed by atoms with van der Waals surface area (Å²) in [6, 6.07) is 1.87. The molecule has 118 valence electrons. The Balaban J connectivity index is 2.86. The van der Waals surface area contributed by atoms with Crippen LogP contribution in [0.2, 0.25) is 0 Å². The third-order valence-corrected chi connectivity index (χ3v) is 3.12. The molecule has 0 aliphatic rings. The molecule has 1 aromatic rings. The second-order valence-corrected chi connectivity index (χ2v) is 5.95. The zero-order chi connectivity index (χ0) is 16.4. The number of amides is 1. The number of hydrogen-bond acceptors (Lipinski definition) is 3. The van der Waals surface area contributed by atoms with Gasteiger partial charge in [0, 0.05) is 12.5 Å². The molecule has 21 heavy (non-hydrogen) atoms. The van der Waals surface area contributed by atoms with Crippen molar-refractivity contribution in [1.29, 1.82) is 0 Å². The van der Waals surface area contributed by atoms with Crippen molar-refractivity contribution < 1.29 is 23.1 Å². The van der Waals surface area contributed by atoms with E-state index in [0.717, 1.165) is 12.1 Å². The van der Waals surface area contributed by atoms with Gasteiger partial charge >= 0.3 is 6.18 Å². The van der Waals surface area contributed by atoms with Crippen LogP contribution in [-0.2, 0) is 11.0 Å². The first-order chi connectivity index (χ1) is 9.41. The van der Waals surface area contributed by atoms with Crippen LogP contribution in [0.1, 0.15) is 32.8 Å². The molecule has 0 fully saturated rings. The summed E-state index contributed by atoms with van der Waals surface area (Å²) < 4.78 is 37.8. The van der Waals surface area contributed by atoms with Gasteiger partial charge in [0.05, 0.1) is 11.3 Å². The molecule has 0 saturated heterocycles. The smallest absolute Gasteiger partial charge is 0.416 e. The van der Waals surface area contributed by atoms with Crippen molar-refractivity contribution in [2.24, 2.45) is 11.1 Å². The number of phenolic OH excluding ortho intramolecular Hbond substituents is 1. The summed E-state index contributed by atoms with van der Waals surface area (Å²) in [4.78, 5) is 11.8. The Labute approximate surface area is 121 Å². The molecule has 1 rings (SSSR count). The van der Waals surface area contributed by atoms with Crippen molar-refractivity contribution >= 4 is 11.6 Å². The highest BCUT2D eigenvalue weighted by Crippen LogP contribution is 2.34. The third kappa shape index (κ3) is 4.93. The molecule has 1 atom stereocenters. The fourth-order valence-corrected chi connectivity index (χ4v) is 1.52. The maximum Gasteiger partial charge on any atom is 0.416 e. The molecule has 0 heterocycles. The van der Waals surface area contributed by atoms with Crippen molar-refractivity contribution in [2.45, 2.75) is 39.4 Å². The molecule has 1 unspecified atom stereocenters. The standard InChI is InChI=1S/C14H19F3N2O2/c1-13(2,3)11(18)7-12(21)19-9-6-8(14(15,16)17)4-5-10(9)20/h4-6,11,20H,7,18H2,1-3H3,(H,19,21). The van der Waals surface area contributed by atoms with Gasteiger partial charge in [-0.1, -0.05) is 20.8 Å². The Kier molecular flexibility index (Phi) is 4.88. The van der Waals surface area contributed by atoms with Gasteiger partial charge in [0.2, 0.25) is 5.91 Å². The van der Waals surface area contributed by atoms with Crippen LogP contribution in [-0.4, -0.2) is 17.1 Å². The minimum absolute atomic E-state index is 0.0564. The van der Waals surface area contributed by atoms with Crippen LogP contribution in [0.3, 0.4) is 0 Å². The molecule has 0 aliphatic carbocycles. The number of carbonyl (C=O) groups is 1. The lowest BCUT2D eigenvalue weighted by Crippen LogP contribution is -2.38. The molecule has 7 heteroatoms. The van der Waals surface area contributed by atoms with E-state index in [2.05, 4.69) is 5.32 Å². The lowest BCUT2D eigenvalue weighted by atomic mass is 9.85. The van der Waals surface area contributed by atoms with Crippen LogP contribution in [0.4, 0.5) is 18.9 Å². The van der Waals surface area contributed by atoms with E-state index in [1.54, 1.807) is 0 Å². The first kappa shape index (κ1) is 17.3. The summed E-state index contributed by atoms with van der Waals surface area (Å²) in [6.45, 7) is 5.56. The van der Waals surface area contributed by atoms with E-state index in [0.29, 0.717) is 6.07 Å². The minimum Gasteiger partial charge on any atom is -0.506 e. The third-order valence-electron chi connectivity index (χ3n) is 3.12. The van der Waals surface area contributed by atoms with Gasteiger partial charge in [-0.25, -0.2) is 0 Å². The van der Waals surface area contributed by atoms with Gasteiger partial charge in [-0.05, 0) is 23.6 Å². The zero-order valence-corrected chi connectivity index (χ0v) is 12.1. The molecule has 0 aliphatic heterocycles. The average Bonchev–Trinajstić information content (AvgIpc) is 2.29. The van der Waals surface area contributed by atoms with Gasteiger partial charge in [-0.2, -0.15) is 13.2 Å².